The number of nitrogens with zero attached hydrogens (tertiary/aromatic N) is 2. The summed E-state index contributed by atoms with van der Waals surface area (Å²) in [5.41, 5.74) is 0.279. The third-order valence-corrected chi connectivity index (χ3v) is 3.64. The number of aliphatic carboxylic acids is 1. The molecule has 0 bridgehead atoms. The van der Waals surface area contributed by atoms with E-state index in [-0.39, 0.29) is 30.5 Å². The predicted octanol–water partition coefficient (Wildman–Crippen LogP) is 1.54. The molecule has 0 aromatic carbocycles. The smallest absolute Gasteiger partial charge is 0.303 e. The molecular weight excluding hydrogens is 276 g/mol. The zero-order valence-corrected chi connectivity index (χ0v) is 12.1. The van der Waals surface area contributed by atoms with Gasteiger partial charge in [0, 0.05) is 32.7 Å². The summed E-state index contributed by atoms with van der Waals surface area (Å²) in [5, 5.41) is 12.5. The minimum atomic E-state index is -0.792. The summed E-state index contributed by atoms with van der Waals surface area (Å²) in [4.78, 5) is 24.7. The van der Waals surface area contributed by atoms with E-state index < -0.39 is 5.97 Å². The molecule has 7 nitrogen and oxygen atoms in total. The molecular formula is C14H20N2O5. The van der Waals surface area contributed by atoms with Crippen molar-refractivity contribution < 1.29 is 24.0 Å². The van der Waals surface area contributed by atoms with E-state index in [2.05, 4.69) is 5.16 Å². The average molecular weight is 296 g/mol. The van der Waals surface area contributed by atoms with E-state index in [0.29, 0.717) is 25.3 Å². The fraction of sp³-hybridized carbons (Fsp3) is 0.643. The number of hydrogen-bond donors (Lipinski definition) is 1. The fourth-order valence-electron chi connectivity index (χ4n) is 2.60. The van der Waals surface area contributed by atoms with Crippen LogP contribution in [0.2, 0.25) is 0 Å². The molecule has 1 aromatic rings. The van der Waals surface area contributed by atoms with Gasteiger partial charge in [-0.15, -0.1) is 0 Å². The first-order valence-electron chi connectivity index (χ1n) is 7.05. The highest BCUT2D eigenvalue weighted by Crippen LogP contribution is 2.22. The van der Waals surface area contributed by atoms with Gasteiger partial charge in [0.15, 0.2) is 11.5 Å². The van der Waals surface area contributed by atoms with Gasteiger partial charge in [-0.25, -0.2) is 0 Å². The van der Waals surface area contributed by atoms with Gasteiger partial charge in [0.05, 0.1) is 0 Å². The third kappa shape index (κ3) is 4.29. The van der Waals surface area contributed by atoms with Crippen molar-refractivity contribution >= 4 is 11.9 Å². The van der Waals surface area contributed by atoms with E-state index in [4.69, 9.17) is 14.4 Å². The number of ether oxygens (including phenoxy) is 1. The molecule has 116 valence electrons. The van der Waals surface area contributed by atoms with Gasteiger partial charge in [-0.05, 0) is 25.2 Å². The molecule has 1 aliphatic rings. The van der Waals surface area contributed by atoms with Crippen LogP contribution in [0.25, 0.3) is 0 Å². The summed E-state index contributed by atoms with van der Waals surface area (Å²) in [6.45, 7) is 1.54. The highest BCUT2D eigenvalue weighted by Gasteiger charge is 2.26. The van der Waals surface area contributed by atoms with Crippen molar-refractivity contribution in [2.24, 2.45) is 5.92 Å². The topological polar surface area (TPSA) is 92.9 Å². The maximum Gasteiger partial charge on any atom is 0.303 e. The van der Waals surface area contributed by atoms with E-state index in [1.807, 2.05) is 0 Å². The molecule has 0 spiro atoms. The van der Waals surface area contributed by atoms with Gasteiger partial charge >= 0.3 is 5.97 Å². The molecule has 1 N–H and O–H groups in total. The number of methoxy groups -OCH3 is 1. The standard InChI is InChI=1S/C14H20N2O5/c1-20-9-11-7-12(15-21-11)14(19)16-6-2-3-10(8-16)4-5-13(17)18/h7,10H,2-6,8-9H2,1H3,(H,17,18)/t10-/m1/s1. The number of piperidine rings is 1. The predicted molar refractivity (Wildman–Crippen MR) is 72.7 cm³/mol. The first-order valence-corrected chi connectivity index (χ1v) is 7.05. The first-order chi connectivity index (χ1) is 10.1. The number of carboxylic acids is 1. The largest absolute Gasteiger partial charge is 0.481 e. The van der Waals surface area contributed by atoms with E-state index in [0.717, 1.165) is 12.8 Å². The number of rotatable bonds is 6. The normalized spacial score (nSPS) is 18.7. The van der Waals surface area contributed by atoms with Crippen LogP contribution in [-0.2, 0) is 16.1 Å². The summed E-state index contributed by atoms with van der Waals surface area (Å²) < 4.78 is 9.95. The Bertz CT molecular complexity index is 499. The minimum Gasteiger partial charge on any atom is -0.481 e. The van der Waals surface area contributed by atoms with Crippen molar-refractivity contribution in [2.45, 2.75) is 32.3 Å². The number of carboxylic acid groups (broad SMARTS) is 1. The number of amides is 1. The van der Waals surface area contributed by atoms with Crippen LogP contribution in [-0.4, -0.2) is 47.2 Å². The second-order valence-electron chi connectivity index (χ2n) is 5.30. The van der Waals surface area contributed by atoms with Gasteiger partial charge in [-0.2, -0.15) is 0 Å². The van der Waals surface area contributed by atoms with Crippen LogP contribution < -0.4 is 0 Å². The molecule has 0 aliphatic carbocycles. The lowest BCUT2D eigenvalue weighted by Crippen LogP contribution is -2.40. The molecule has 0 saturated carbocycles. The van der Waals surface area contributed by atoms with Gasteiger partial charge in [0.2, 0.25) is 0 Å². The maximum atomic E-state index is 12.3. The van der Waals surface area contributed by atoms with Gasteiger partial charge in [-0.1, -0.05) is 5.16 Å². The second kappa shape index (κ2) is 7.21. The average Bonchev–Trinajstić information content (AvgIpc) is 2.94. The highest BCUT2D eigenvalue weighted by molar-refractivity contribution is 5.92. The molecule has 2 rings (SSSR count). The zero-order valence-electron chi connectivity index (χ0n) is 12.1. The Labute approximate surface area is 122 Å². The molecule has 0 unspecified atom stereocenters. The lowest BCUT2D eigenvalue weighted by atomic mass is 9.93. The molecule has 1 atom stereocenters. The van der Waals surface area contributed by atoms with Gasteiger partial charge in [0.1, 0.15) is 6.61 Å². The Morgan fingerprint density at radius 3 is 3.10 bits per heavy atom. The molecule has 1 fully saturated rings. The molecule has 21 heavy (non-hydrogen) atoms. The minimum absolute atomic E-state index is 0.147. The van der Waals surface area contributed by atoms with Crippen LogP contribution in [0.1, 0.15) is 41.9 Å². The summed E-state index contributed by atoms with van der Waals surface area (Å²) in [6, 6.07) is 1.59. The number of carbonyl (C=O) groups excluding carboxylic acids is 1. The Morgan fingerprint density at radius 2 is 2.38 bits per heavy atom. The van der Waals surface area contributed by atoms with E-state index >= 15 is 0 Å². The lowest BCUT2D eigenvalue weighted by Gasteiger charge is -2.32. The van der Waals surface area contributed by atoms with Crippen LogP contribution >= 0.6 is 0 Å². The first kappa shape index (κ1) is 15.5. The van der Waals surface area contributed by atoms with Crippen LogP contribution in [0, 0.1) is 5.92 Å². The monoisotopic (exact) mass is 296 g/mol. The zero-order chi connectivity index (χ0) is 15.2. The van der Waals surface area contributed by atoms with Crippen LogP contribution in [0.5, 0.6) is 0 Å². The molecule has 1 aliphatic heterocycles. The molecule has 1 aromatic heterocycles. The number of likely N-dealkylation sites (tertiary alicyclic amines) is 1. The Hall–Kier alpha value is -1.89. The van der Waals surface area contributed by atoms with Crippen molar-refractivity contribution in [1.29, 1.82) is 0 Å². The van der Waals surface area contributed by atoms with Crippen molar-refractivity contribution in [2.75, 3.05) is 20.2 Å². The number of carbonyl (C=O) groups is 2. The van der Waals surface area contributed by atoms with Crippen molar-refractivity contribution in [3.8, 4) is 0 Å². The molecule has 1 amide bonds. The summed E-state index contributed by atoms with van der Waals surface area (Å²) in [5.74, 6) is -0.204. The Morgan fingerprint density at radius 1 is 1.57 bits per heavy atom. The molecule has 0 radical (unpaired) electrons. The number of hydrogen-bond acceptors (Lipinski definition) is 5. The Balaban J connectivity index is 1.93. The van der Waals surface area contributed by atoms with Crippen molar-refractivity contribution in [3.05, 3.63) is 17.5 Å². The van der Waals surface area contributed by atoms with E-state index in [1.54, 1.807) is 18.1 Å². The van der Waals surface area contributed by atoms with Crippen molar-refractivity contribution in [1.82, 2.24) is 10.1 Å². The highest BCUT2D eigenvalue weighted by atomic mass is 16.5. The van der Waals surface area contributed by atoms with E-state index in [9.17, 15) is 9.59 Å². The van der Waals surface area contributed by atoms with Gasteiger partial charge in [-0.3, -0.25) is 9.59 Å². The lowest BCUT2D eigenvalue weighted by molar-refractivity contribution is -0.137. The van der Waals surface area contributed by atoms with Gasteiger partial charge in [0.25, 0.3) is 5.91 Å². The van der Waals surface area contributed by atoms with Crippen LogP contribution in [0.3, 0.4) is 0 Å². The molecule has 2 heterocycles. The second-order valence-corrected chi connectivity index (χ2v) is 5.30. The van der Waals surface area contributed by atoms with E-state index in [1.165, 1.54) is 0 Å². The van der Waals surface area contributed by atoms with Crippen molar-refractivity contribution in [3.63, 3.8) is 0 Å². The SMILES string of the molecule is COCc1cc(C(=O)N2CCC[C@H](CCC(=O)O)C2)no1. The summed E-state index contributed by atoms with van der Waals surface area (Å²) in [6.07, 6.45) is 2.60. The third-order valence-electron chi connectivity index (χ3n) is 3.64. The van der Waals surface area contributed by atoms with Gasteiger partial charge < -0.3 is 19.3 Å². The van der Waals surface area contributed by atoms with Crippen LogP contribution in [0.4, 0.5) is 0 Å². The number of aromatic nitrogens is 1. The maximum absolute atomic E-state index is 12.3. The fourth-order valence-corrected chi connectivity index (χ4v) is 2.60. The summed E-state index contributed by atoms with van der Waals surface area (Å²) >= 11 is 0. The quantitative estimate of drug-likeness (QED) is 0.856. The summed E-state index contributed by atoms with van der Waals surface area (Å²) in [7, 11) is 1.54. The molecule has 1 saturated heterocycles. The Kier molecular flexibility index (Phi) is 5.32. The molecule has 7 heteroatoms. The van der Waals surface area contributed by atoms with Crippen LogP contribution in [0.15, 0.2) is 10.6 Å².